The lowest BCUT2D eigenvalue weighted by molar-refractivity contribution is 0.118. The fourth-order valence-corrected chi connectivity index (χ4v) is 2.06. The molecule has 1 rings (SSSR count). The molecule has 0 spiro atoms. The average molecular weight is 242 g/mol. The third kappa shape index (κ3) is 2.21. The van der Waals surface area contributed by atoms with Gasteiger partial charge < -0.3 is 5.73 Å². The van der Waals surface area contributed by atoms with Crippen molar-refractivity contribution in [2.75, 3.05) is 0 Å². The van der Waals surface area contributed by atoms with Gasteiger partial charge in [0.05, 0.1) is 3.79 Å². The zero-order valence-electron chi connectivity index (χ0n) is 5.43. The van der Waals surface area contributed by atoms with E-state index in [0.29, 0.717) is 4.88 Å². The molecule has 1 atom stereocenters. The van der Waals surface area contributed by atoms with E-state index in [2.05, 4.69) is 15.9 Å². The highest BCUT2D eigenvalue weighted by Gasteiger charge is 2.18. The van der Waals surface area contributed by atoms with Crippen LogP contribution in [0.3, 0.4) is 0 Å². The van der Waals surface area contributed by atoms with Crippen LogP contribution in [0, 0.1) is 0 Å². The third-order valence-electron chi connectivity index (χ3n) is 1.19. The van der Waals surface area contributed by atoms with E-state index in [1.165, 1.54) is 11.3 Å². The summed E-state index contributed by atoms with van der Waals surface area (Å²) in [6.45, 7) is 0. The van der Waals surface area contributed by atoms with Crippen LogP contribution in [0.2, 0.25) is 0 Å². The van der Waals surface area contributed by atoms with Crippen LogP contribution in [0.1, 0.15) is 10.9 Å². The van der Waals surface area contributed by atoms with Gasteiger partial charge in [-0.3, -0.25) is 0 Å². The van der Waals surface area contributed by atoms with Gasteiger partial charge in [0.15, 0.2) is 0 Å². The quantitative estimate of drug-likeness (QED) is 0.847. The maximum atomic E-state index is 12.0. The molecule has 0 aliphatic carbocycles. The van der Waals surface area contributed by atoms with Crippen LogP contribution in [0.25, 0.3) is 0 Å². The van der Waals surface area contributed by atoms with Crippen molar-refractivity contribution in [3.8, 4) is 0 Å². The maximum Gasteiger partial charge on any atom is 0.258 e. The summed E-state index contributed by atoms with van der Waals surface area (Å²) >= 11 is 4.40. The second-order valence-electron chi connectivity index (χ2n) is 2.00. The van der Waals surface area contributed by atoms with E-state index >= 15 is 0 Å². The topological polar surface area (TPSA) is 26.0 Å². The van der Waals surface area contributed by atoms with E-state index in [9.17, 15) is 8.78 Å². The Balaban J connectivity index is 2.76. The minimum Gasteiger partial charge on any atom is -0.319 e. The Morgan fingerprint density at radius 1 is 1.45 bits per heavy atom. The van der Waals surface area contributed by atoms with Crippen LogP contribution in [-0.2, 0) is 0 Å². The molecule has 0 radical (unpaired) electrons. The van der Waals surface area contributed by atoms with Crippen molar-refractivity contribution in [2.24, 2.45) is 5.73 Å². The Hall–Kier alpha value is -0.0000000000000000833. The van der Waals surface area contributed by atoms with Gasteiger partial charge in [0.1, 0.15) is 6.04 Å². The lowest BCUT2D eigenvalue weighted by Gasteiger charge is -2.05. The van der Waals surface area contributed by atoms with Crippen molar-refractivity contribution in [1.29, 1.82) is 0 Å². The zero-order valence-corrected chi connectivity index (χ0v) is 7.83. The Kier molecular flexibility index (Phi) is 2.98. The fraction of sp³-hybridized carbons (Fsp3) is 0.333. The summed E-state index contributed by atoms with van der Waals surface area (Å²) in [4.78, 5) is 0.506. The van der Waals surface area contributed by atoms with Crippen molar-refractivity contribution >= 4 is 27.3 Å². The lowest BCUT2D eigenvalue weighted by Crippen LogP contribution is -2.17. The predicted octanol–water partition coefficient (Wildman–Crippen LogP) is 2.78. The number of halogens is 3. The number of thiophene rings is 1. The first-order valence-corrected chi connectivity index (χ1v) is 4.51. The molecule has 0 aromatic carbocycles. The molecule has 1 nitrogen and oxygen atoms in total. The Morgan fingerprint density at radius 2 is 2.09 bits per heavy atom. The Morgan fingerprint density at radius 3 is 2.45 bits per heavy atom. The molecule has 0 aliphatic rings. The molecule has 0 unspecified atom stereocenters. The fourth-order valence-electron chi connectivity index (χ4n) is 0.632. The smallest absolute Gasteiger partial charge is 0.258 e. The van der Waals surface area contributed by atoms with E-state index in [0.717, 1.165) is 3.79 Å². The monoisotopic (exact) mass is 241 g/mol. The van der Waals surface area contributed by atoms with Crippen molar-refractivity contribution in [3.63, 3.8) is 0 Å². The van der Waals surface area contributed by atoms with Crippen LogP contribution < -0.4 is 5.73 Å². The number of hydrogen-bond donors (Lipinski definition) is 1. The predicted molar refractivity (Wildman–Crippen MR) is 45.0 cm³/mol. The third-order valence-corrected chi connectivity index (χ3v) is 2.92. The Bertz CT molecular complexity index is 238. The molecular formula is C6H6BrF2NS. The molecule has 1 heterocycles. The second kappa shape index (κ2) is 3.60. The first-order valence-electron chi connectivity index (χ1n) is 2.90. The number of nitrogens with two attached hydrogens (primary N) is 1. The number of hydrogen-bond acceptors (Lipinski definition) is 2. The van der Waals surface area contributed by atoms with E-state index in [1.54, 1.807) is 12.1 Å². The van der Waals surface area contributed by atoms with E-state index in [1.807, 2.05) is 0 Å². The van der Waals surface area contributed by atoms with Crippen molar-refractivity contribution < 1.29 is 8.78 Å². The van der Waals surface area contributed by atoms with Gasteiger partial charge in [-0.25, -0.2) is 8.78 Å². The van der Waals surface area contributed by atoms with Gasteiger partial charge in [0.25, 0.3) is 6.43 Å². The second-order valence-corrected chi connectivity index (χ2v) is 4.50. The molecule has 11 heavy (non-hydrogen) atoms. The molecule has 0 saturated carbocycles. The van der Waals surface area contributed by atoms with Gasteiger partial charge >= 0.3 is 0 Å². The minimum absolute atomic E-state index is 0.506. The molecule has 62 valence electrons. The van der Waals surface area contributed by atoms with Crippen LogP contribution in [0.15, 0.2) is 15.9 Å². The minimum atomic E-state index is -2.49. The van der Waals surface area contributed by atoms with E-state index in [-0.39, 0.29) is 0 Å². The van der Waals surface area contributed by atoms with Crippen LogP contribution in [0.4, 0.5) is 8.78 Å². The normalized spacial score (nSPS) is 13.9. The molecule has 0 saturated heterocycles. The Labute approximate surface area is 75.3 Å². The van der Waals surface area contributed by atoms with Crippen LogP contribution >= 0.6 is 27.3 Å². The molecule has 0 amide bonds. The highest BCUT2D eigenvalue weighted by Crippen LogP contribution is 2.28. The number of alkyl halides is 2. The first kappa shape index (κ1) is 9.09. The van der Waals surface area contributed by atoms with Crippen molar-refractivity contribution in [3.05, 3.63) is 20.8 Å². The summed E-state index contributed by atoms with van der Waals surface area (Å²) in [5, 5.41) is 0. The van der Waals surface area contributed by atoms with E-state index in [4.69, 9.17) is 5.73 Å². The van der Waals surface area contributed by atoms with Crippen LogP contribution in [-0.4, -0.2) is 6.43 Å². The zero-order chi connectivity index (χ0) is 8.43. The summed E-state index contributed by atoms with van der Waals surface area (Å²) in [6, 6.07) is 2.17. The van der Waals surface area contributed by atoms with Gasteiger partial charge in [-0.15, -0.1) is 11.3 Å². The molecule has 1 aromatic rings. The van der Waals surface area contributed by atoms with Gasteiger partial charge in [-0.2, -0.15) is 0 Å². The summed E-state index contributed by atoms with van der Waals surface area (Å²) in [7, 11) is 0. The summed E-state index contributed by atoms with van der Waals surface area (Å²) in [5.41, 5.74) is 5.19. The highest BCUT2D eigenvalue weighted by atomic mass is 79.9. The van der Waals surface area contributed by atoms with Gasteiger partial charge in [-0.1, -0.05) is 0 Å². The molecule has 0 bridgehead atoms. The summed E-state index contributed by atoms with van der Waals surface area (Å²) < 4.78 is 24.8. The lowest BCUT2D eigenvalue weighted by atomic mass is 10.3. The van der Waals surface area contributed by atoms with Crippen LogP contribution in [0.5, 0.6) is 0 Å². The summed E-state index contributed by atoms with van der Waals surface area (Å²) in [5.74, 6) is 0. The van der Waals surface area contributed by atoms with Crippen molar-refractivity contribution in [2.45, 2.75) is 12.5 Å². The molecule has 2 N–H and O–H groups in total. The highest BCUT2D eigenvalue weighted by molar-refractivity contribution is 9.11. The van der Waals surface area contributed by atoms with Gasteiger partial charge in [0, 0.05) is 4.88 Å². The summed E-state index contributed by atoms with van der Waals surface area (Å²) in [6.07, 6.45) is -2.49. The molecule has 0 fully saturated rings. The molecule has 1 aromatic heterocycles. The largest absolute Gasteiger partial charge is 0.319 e. The standard InChI is InChI=1S/C6H6BrF2NS/c7-4-2-1-3(11-4)5(10)6(8)9/h1-2,5-6H,10H2/t5-/m1/s1. The molecular weight excluding hydrogens is 236 g/mol. The molecule has 5 heteroatoms. The molecule has 0 aliphatic heterocycles. The van der Waals surface area contributed by atoms with Crippen molar-refractivity contribution in [1.82, 2.24) is 0 Å². The maximum absolute atomic E-state index is 12.0. The first-order chi connectivity index (χ1) is 5.11. The van der Waals surface area contributed by atoms with Gasteiger partial charge in [-0.05, 0) is 28.1 Å². The van der Waals surface area contributed by atoms with Gasteiger partial charge in [0.2, 0.25) is 0 Å². The SMILES string of the molecule is N[C@H](c1ccc(Br)s1)C(F)F. The average Bonchev–Trinajstić information content (AvgIpc) is 2.34. The number of rotatable bonds is 2. The van der Waals surface area contributed by atoms with E-state index < -0.39 is 12.5 Å².